The first-order valence-corrected chi connectivity index (χ1v) is 9.42. The van der Waals surface area contributed by atoms with E-state index in [0.29, 0.717) is 20.8 Å². The van der Waals surface area contributed by atoms with E-state index < -0.39 is 5.91 Å². The van der Waals surface area contributed by atoms with Crippen LogP contribution in [0.1, 0.15) is 15.9 Å². The summed E-state index contributed by atoms with van der Waals surface area (Å²) in [6, 6.07) is 7.23. The second kappa shape index (κ2) is 9.34. The van der Waals surface area contributed by atoms with Crippen molar-refractivity contribution in [1.29, 1.82) is 0 Å². The lowest BCUT2D eigenvalue weighted by Gasteiger charge is -2.12. The number of carbonyl (C=O) groups is 1. The van der Waals surface area contributed by atoms with E-state index in [1.54, 1.807) is 18.2 Å². The van der Waals surface area contributed by atoms with Crippen LogP contribution in [0.4, 0.5) is 0 Å². The summed E-state index contributed by atoms with van der Waals surface area (Å²) in [5.41, 5.74) is 13.5. The van der Waals surface area contributed by atoms with Crippen molar-refractivity contribution in [3.8, 4) is 11.1 Å². The molecular weight excluding hydrogens is 393 g/mol. The van der Waals surface area contributed by atoms with Crippen LogP contribution in [0.25, 0.3) is 11.1 Å². The van der Waals surface area contributed by atoms with E-state index in [4.69, 9.17) is 34.7 Å². The topological polar surface area (TPSA) is 96.7 Å². The Labute approximate surface area is 166 Å². The number of benzene rings is 1. The van der Waals surface area contributed by atoms with Crippen molar-refractivity contribution >= 4 is 46.4 Å². The third-order valence-corrected chi connectivity index (χ3v) is 4.99. The summed E-state index contributed by atoms with van der Waals surface area (Å²) in [7, 11) is 4.02. The molecule has 0 bridgehead atoms. The van der Waals surface area contributed by atoms with Crippen molar-refractivity contribution in [1.82, 2.24) is 10.2 Å². The molecular formula is C17H21Cl2N5OS. The highest BCUT2D eigenvalue weighted by Crippen LogP contribution is 2.38. The molecule has 0 aliphatic carbocycles. The Bertz CT molecular complexity index is 815. The number of amides is 1. The predicted molar refractivity (Wildman–Crippen MR) is 110 cm³/mol. The zero-order valence-electron chi connectivity index (χ0n) is 14.6. The second-order valence-corrected chi connectivity index (χ2v) is 8.26. The summed E-state index contributed by atoms with van der Waals surface area (Å²) < 4.78 is 1.14. The van der Waals surface area contributed by atoms with Gasteiger partial charge in [-0.25, -0.2) is 0 Å². The fourth-order valence-electron chi connectivity index (χ4n) is 2.33. The normalized spacial score (nSPS) is 11.0. The van der Waals surface area contributed by atoms with Gasteiger partial charge < -0.3 is 21.7 Å². The maximum Gasteiger partial charge on any atom is 0.280 e. The van der Waals surface area contributed by atoms with Gasteiger partial charge in [-0.2, -0.15) is 4.99 Å². The summed E-state index contributed by atoms with van der Waals surface area (Å²) in [5.74, 6) is -0.776. The van der Waals surface area contributed by atoms with Crippen LogP contribution in [0.3, 0.4) is 0 Å². The zero-order chi connectivity index (χ0) is 19.3. The Morgan fingerprint density at radius 3 is 2.54 bits per heavy atom. The molecule has 2 rings (SSSR count). The molecule has 0 aliphatic heterocycles. The van der Waals surface area contributed by atoms with Gasteiger partial charge in [0.1, 0.15) is 4.34 Å². The Hall–Kier alpha value is -1.64. The number of aliphatic imine (C=N–C) groups is 1. The van der Waals surface area contributed by atoms with Crippen LogP contribution >= 0.6 is 34.5 Å². The van der Waals surface area contributed by atoms with Gasteiger partial charge in [0, 0.05) is 30.8 Å². The van der Waals surface area contributed by atoms with E-state index in [0.717, 1.165) is 29.8 Å². The minimum absolute atomic E-state index is 0.275. The van der Waals surface area contributed by atoms with Gasteiger partial charge in [-0.05, 0) is 49.5 Å². The van der Waals surface area contributed by atoms with E-state index in [1.807, 2.05) is 20.2 Å². The Morgan fingerprint density at radius 1 is 1.23 bits per heavy atom. The van der Waals surface area contributed by atoms with Crippen molar-refractivity contribution < 1.29 is 4.79 Å². The van der Waals surface area contributed by atoms with E-state index >= 15 is 0 Å². The Morgan fingerprint density at radius 2 is 1.96 bits per heavy atom. The molecule has 6 nitrogen and oxygen atoms in total. The zero-order valence-corrected chi connectivity index (χ0v) is 16.9. The average molecular weight is 414 g/mol. The van der Waals surface area contributed by atoms with Crippen molar-refractivity contribution in [2.75, 3.05) is 27.2 Å². The number of carbonyl (C=O) groups excluding carboxylic acids is 1. The minimum Gasteiger partial charge on any atom is -0.370 e. The standard InChI is InChI=1S/C17H21Cl2N5OS/c1-24(2)4-3-22-9-10-5-11(13-8-14(18)26-15(13)19)7-12(6-10)16(25)23-17(20)21/h5-8,22H,3-4,9H2,1-2H3,(H4,20,21,23,25). The quantitative estimate of drug-likeness (QED) is 0.368. The number of guanidine groups is 1. The van der Waals surface area contributed by atoms with Crippen molar-refractivity contribution in [2.45, 2.75) is 6.54 Å². The molecule has 0 fully saturated rings. The summed E-state index contributed by atoms with van der Waals surface area (Å²) in [6.45, 7) is 2.32. The first-order valence-electron chi connectivity index (χ1n) is 7.85. The number of nitrogens with one attached hydrogen (secondary N) is 1. The molecule has 9 heteroatoms. The van der Waals surface area contributed by atoms with Crippen LogP contribution in [0.2, 0.25) is 8.67 Å². The van der Waals surface area contributed by atoms with Crippen LogP contribution in [0.5, 0.6) is 0 Å². The lowest BCUT2D eigenvalue weighted by molar-refractivity contribution is 0.100. The molecule has 0 radical (unpaired) electrons. The van der Waals surface area contributed by atoms with Gasteiger partial charge in [0.15, 0.2) is 5.96 Å². The summed E-state index contributed by atoms with van der Waals surface area (Å²) in [4.78, 5) is 18.0. The fourth-order valence-corrected chi connectivity index (χ4v) is 3.83. The highest BCUT2D eigenvalue weighted by atomic mass is 35.5. The molecule has 140 valence electrons. The maximum atomic E-state index is 12.3. The number of nitrogens with zero attached hydrogens (tertiary/aromatic N) is 2. The lowest BCUT2D eigenvalue weighted by atomic mass is 10.0. The van der Waals surface area contributed by atoms with E-state index in [-0.39, 0.29) is 5.96 Å². The molecule has 0 unspecified atom stereocenters. The molecule has 0 spiro atoms. The van der Waals surface area contributed by atoms with Gasteiger partial charge in [0.25, 0.3) is 5.91 Å². The molecule has 1 aromatic carbocycles. The first-order chi connectivity index (χ1) is 12.3. The molecule has 1 amide bonds. The van der Waals surface area contributed by atoms with Crippen LogP contribution in [0, 0.1) is 0 Å². The van der Waals surface area contributed by atoms with Crippen LogP contribution in [-0.2, 0) is 6.54 Å². The van der Waals surface area contributed by atoms with E-state index in [1.165, 1.54) is 11.3 Å². The Balaban J connectivity index is 2.34. The molecule has 1 heterocycles. The average Bonchev–Trinajstić information content (AvgIpc) is 2.89. The van der Waals surface area contributed by atoms with E-state index in [2.05, 4.69) is 15.2 Å². The largest absolute Gasteiger partial charge is 0.370 e. The molecule has 1 aromatic heterocycles. The molecule has 0 saturated carbocycles. The van der Waals surface area contributed by atoms with Crippen molar-refractivity contribution in [3.63, 3.8) is 0 Å². The highest BCUT2D eigenvalue weighted by Gasteiger charge is 2.14. The first kappa shape index (κ1) is 20.7. The summed E-state index contributed by atoms with van der Waals surface area (Å²) >= 11 is 13.6. The maximum absolute atomic E-state index is 12.3. The number of likely N-dealkylation sites (N-methyl/N-ethyl adjacent to an activating group) is 1. The molecule has 5 N–H and O–H groups in total. The number of nitrogens with two attached hydrogens (primary N) is 2. The number of hydrogen-bond donors (Lipinski definition) is 3. The molecule has 26 heavy (non-hydrogen) atoms. The van der Waals surface area contributed by atoms with Gasteiger partial charge in [-0.3, -0.25) is 4.79 Å². The molecule has 2 aromatic rings. The van der Waals surface area contributed by atoms with Gasteiger partial charge in [0.05, 0.1) is 4.34 Å². The molecule has 0 aliphatic rings. The smallest absolute Gasteiger partial charge is 0.280 e. The number of thiophene rings is 1. The third kappa shape index (κ3) is 5.96. The van der Waals surface area contributed by atoms with Crippen LogP contribution < -0.4 is 16.8 Å². The van der Waals surface area contributed by atoms with Crippen LogP contribution in [-0.4, -0.2) is 44.0 Å². The predicted octanol–water partition coefficient (Wildman–Crippen LogP) is 2.79. The Kier molecular flexibility index (Phi) is 7.43. The monoisotopic (exact) mass is 413 g/mol. The highest BCUT2D eigenvalue weighted by molar-refractivity contribution is 7.20. The van der Waals surface area contributed by atoms with Crippen molar-refractivity contribution in [2.24, 2.45) is 16.5 Å². The third-order valence-electron chi connectivity index (χ3n) is 3.50. The van der Waals surface area contributed by atoms with Gasteiger partial charge in [-0.15, -0.1) is 11.3 Å². The van der Waals surface area contributed by atoms with Crippen molar-refractivity contribution in [3.05, 3.63) is 44.1 Å². The number of rotatable bonds is 7. The van der Waals surface area contributed by atoms with E-state index in [9.17, 15) is 4.79 Å². The second-order valence-electron chi connectivity index (χ2n) is 5.98. The van der Waals surface area contributed by atoms with Crippen LogP contribution in [0.15, 0.2) is 29.3 Å². The number of halogens is 2. The molecule has 0 atom stereocenters. The summed E-state index contributed by atoms with van der Waals surface area (Å²) in [6.07, 6.45) is 0. The molecule has 0 saturated heterocycles. The van der Waals surface area contributed by atoms with Gasteiger partial charge in [0.2, 0.25) is 0 Å². The number of hydrogen-bond acceptors (Lipinski definition) is 4. The SMILES string of the molecule is CN(C)CCNCc1cc(C(=O)N=C(N)N)cc(-c2cc(Cl)sc2Cl)c1. The lowest BCUT2D eigenvalue weighted by Crippen LogP contribution is -2.26. The fraction of sp³-hybridized carbons (Fsp3) is 0.294. The van der Waals surface area contributed by atoms with Gasteiger partial charge in [-0.1, -0.05) is 23.2 Å². The minimum atomic E-state index is -0.501. The summed E-state index contributed by atoms with van der Waals surface area (Å²) in [5, 5.41) is 3.34. The van der Waals surface area contributed by atoms with Gasteiger partial charge >= 0.3 is 0 Å².